The lowest BCUT2D eigenvalue weighted by Gasteiger charge is -2.02. The minimum absolute atomic E-state index is 0.0206. The summed E-state index contributed by atoms with van der Waals surface area (Å²) < 4.78 is 5.48. The van der Waals surface area contributed by atoms with Crippen LogP contribution in [0.1, 0.15) is 11.3 Å². The van der Waals surface area contributed by atoms with E-state index < -0.39 is 0 Å². The lowest BCUT2D eigenvalue weighted by Crippen LogP contribution is -1.84. The third-order valence-electron chi connectivity index (χ3n) is 2.17. The molecule has 0 bridgehead atoms. The van der Waals surface area contributed by atoms with E-state index in [9.17, 15) is 0 Å². The van der Waals surface area contributed by atoms with Gasteiger partial charge in [0.25, 0.3) is 0 Å². The zero-order valence-electron chi connectivity index (χ0n) is 8.33. The van der Waals surface area contributed by atoms with Crippen LogP contribution in [-0.4, -0.2) is 5.11 Å². The monoisotopic (exact) mass is 222 g/mol. The first-order valence-corrected chi connectivity index (χ1v) is 5.04. The minimum atomic E-state index is -0.0206. The number of aryl methyl sites for hydroxylation is 1. The molecule has 78 valence electrons. The molecule has 1 aromatic heterocycles. The Morgan fingerprint density at radius 1 is 1.27 bits per heavy atom. The van der Waals surface area contributed by atoms with Crippen LogP contribution in [0.25, 0.3) is 11.3 Å². The van der Waals surface area contributed by atoms with Gasteiger partial charge in [0.15, 0.2) is 0 Å². The van der Waals surface area contributed by atoms with E-state index in [0.717, 1.165) is 22.6 Å². The Hall–Kier alpha value is -1.25. The van der Waals surface area contributed by atoms with Crippen LogP contribution in [0.2, 0.25) is 5.02 Å². The zero-order valence-corrected chi connectivity index (χ0v) is 9.08. The highest BCUT2D eigenvalue weighted by Crippen LogP contribution is 2.26. The van der Waals surface area contributed by atoms with E-state index in [-0.39, 0.29) is 6.61 Å². The van der Waals surface area contributed by atoms with Crippen LogP contribution in [-0.2, 0) is 6.61 Å². The first kappa shape index (κ1) is 10.3. The number of hydrogen-bond acceptors (Lipinski definition) is 2. The van der Waals surface area contributed by atoms with Crippen molar-refractivity contribution in [2.75, 3.05) is 0 Å². The SMILES string of the molecule is Cc1ccc(-c2cc(Cl)cc(CO)c2)o1. The second-order valence-electron chi connectivity index (χ2n) is 3.42. The molecule has 0 spiro atoms. The van der Waals surface area contributed by atoms with E-state index in [1.54, 1.807) is 6.07 Å². The van der Waals surface area contributed by atoms with Crippen molar-refractivity contribution in [3.8, 4) is 11.3 Å². The Bertz CT molecular complexity index is 474. The summed E-state index contributed by atoms with van der Waals surface area (Å²) in [6.07, 6.45) is 0. The number of benzene rings is 1. The maximum atomic E-state index is 9.05. The van der Waals surface area contributed by atoms with E-state index in [2.05, 4.69) is 0 Å². The van der Waals surface area contributed by atoms with Crippen LogP contribution in [0.5, 0.6) is 0 Å². The van der Waals surface area contributed by atoms with Gasteiger partial charge in [-0.2, -0.15) is 0 Å². The van der Waals surface area contributed by atoms with Crippen molar-refractivity contribution >= 4 is 11.6 Å². The van der Waals surface area contributed by atoms with Crippen LogP contribution in [0, 0.1) is 6.92 Å². The Morgan fingerprint density at radius 2 is 2.07 bits per heavy atom. The lowest BCUT2D eigenvalue weighted by molar-refractivity contribution is 0.282. The van der Waals surface area contributed by atoms with Gasteiger partial charge in [-0.25, -0.2) is 0 Å². The third kappa shape index (κ3) is 2.22. The smallest absolute Gasteiger partial charge is 0.134 e. The average molecular weight is 223 g/mol. The summed E-state index contributed by atoms with van der Waals surface area (Å²) in [6, 6.07) is 9.21. The van der Waals surface area contributed by atoms with Gasteiger partial charge in [-0.1, -0.05) is 11.6 Å². The second kappa shape index (κ2) is 4.09. The van der Waals surface area contributed by atoms with Crippen molar-refractivity contribution in [3.63, 3.8) is 0 Å². The molecule has 3 heteroatoms. The van der Waals surface area contributed by atoms with Gasteiger partial charge in [0.2, 0.25) is 0 Å². The molecule has 0 aliphatic carbocycles. The molecule has 0 amide bonds. The van der Waals surface area contributed by atoms with Gasteiger partial charge < -0.3 is 9.52 Å². The summed E-state index contributed by atoms with van der Waals surface area (Å²) in [5.41, 5.74) is 1.67. The predicted octanol–water partition coefficient (Wildman–Crippen LogP) is 3.40. The highest BCUT2D eigenvalue weighted by atomic mass is 35.5. The van der Waals surface area contributed by atoms with Gasteiger partial charge in [0.1, 0.15) is 11.5 Å². The van der Waals surface area contributed by atoms with Crippen LogP contribution in [0.4, 0.5) is 0 Å². The summed E-state index contributed by atoms with van der Waals surface area (Å²) in [6.45, 7) is 1.87. The second-order valence-corrected chi connectivity index (χ2v) is 3.85. The van der Waals surface area contributed by atoms with Crippen molar-refractivity contribution in [2.24, 2.45) is 0 Å². The van der Waals surface area contributed by atoms with Gasteiger partial charge in [-0.3, -0.25) is 0 Å². The quantitative estimate of drug-likeness (QED) is 0.845. The third-order valence-corrected chi connectivity index (χ3v) is 2.38. The highest BCUT2D eigenvalue weighted by Gasteiger charge is 2.05. The summed E-state index contributed by atoms with van der Waals surface area (Å²) >= 11 is 5.93. The van der Waals surface area contributed by atoms with Gasteiger partial charge in [-0.05, 0) is 42.8 Å². The van der Waals surface area contributed by atoms with Crippen molar-refractivity contribution in [1.82, 2.24) is 0 Å². The summed E-state index contributed by atoms with van der Waals surface area (Å²) in [5.74, 6) is 1.63. The molecular formula is C12H11ClO2. The van der Waals surface area contributed by atoms with Crippen molar-refractivity contribution in [1.29, 1.82) is 0 Å². The number of rotatable bonds is 2. The van der Waals surface area contributed by atoms with Gasteiger partial charge >= 0.3 is 0 Å². The van der Waals surface area contributed by atoms with Crippen molar-refractivity contribution in [2.45, 2.75) is 13.5 Å². The molecule has 15 heavy (non-hydrogen) atoms. The number of furan rings is 1. The summed E-state index contributed by atoms with van der Waals surface area (Å²) in [7, 11) is 0. The van der Waals surface area contributed by atoms with Gasteiger partial charge in [0.05, 0.1) is 6.61 Å². The maximum Gasteiger partial charge on any atom is 0.134 e. The standard InChI is InChI=1S/C12H11ClO2/c1-8-2-3-12(15-8)10-4-9(7-14)5-11(13)6-10/h2-6,14H,7H2,1H3. The number of halogens is 1. The molecule has 2 aromatic rings. The van der Waals surface area contributed by atoms with Crippen molar-refractivity contribution in [3.05, 3.63) is 46.7 Å². The normalized spacial score (nSPS) is 10.6. The van der Waals surface area contributed by atoms with Crippen LogP contribution < -0.4 is 0 Å². The van der Waals surface area contributed by atoms with Crippen molar-refractivity contribution < 1.29 is 9.52 Å². The maximum absolute atomic E-state index is 9.05. The summed E-state index contributed by atoms with van der Waals surface area (Å²) in [4.78, 5) is 0. The first-order valence-electron chi connectivity index (χ1n) is 4.66. The molecule has 0 saturated carbocycles. The molecule has 2 rings (SSSR count). The lowest BCUT2D eigenvalue weighted by atomic mass is 10.1. The fourth-order valence-corrected chi connectivity index (χ4v) is 1.73. The Morgan fingerprint density at radius 3 is 2.67 bits per heavy atom. The topological polar surface area (TPSA) is 33.4 Å². The minimum Gasteiger partial charge on any atom is -0.461 e. The Balaban J connectivity index is 2.48. The Labute approximate surface area is 93.1 Å². The molecule has 0 radical (unpaired) electrons. The summed E-state index contributed by atoms with van der Waals surface area (Å²) in [5, 5.41) is 9.65. The molecule has 1 heterocycles. The first-order chi connectivity index (χ1) is 7.19. The molecule has 0 aliphatic heterocycles. The van der Waals surface area contributed by atoms with Gasteiger partial charge in [-0.15, -0.1) is 0 Å². The fourth-order valence-electron chi connectivity index (χ4n) is 1.47. The van der Waals surface area contributed by atoms with Crippen LogP contribution in [0.3, 0.4) is 0 Å². The Kier molecular flexibility index (Phi) is 2.80. The molecule has 1 aromatic carbocycles. The molecule has 2 nitrogen and oxygen atoms in total. The van der Waals surface area contributed by atoms with Crippen LogP contribution >= 0.6 is 11.6 Å². The molecule has 0 aliphatic rings. The van der Waals surface area contributed by atoms with Crippen LogP contribution in [0.15, 0.2) is 34.7 Å². The van der Waals surface area contributed by atoms with E-state index in [0.29, 0.717) is 5.02 Å². The van der Waals surface area contributed by atoms with E-state index >= 15 is 0 Å². The molecule has 0 unspecified atom stereocenters. The largest absolute Gasteiger partial charge is 0.461 e. The van der Waals surface area contributed by atoms with E-state index in [1.807, 2.05) is 31.2 Å². The number of hydrogen-bond donors (Lipinski definition) is 1. The zero-order chi connectivity index (χ0) is 10.8. The molecule has 0 saturated heterocycles. The highest BCUT2D eigenvalue weighted by molar-refractivity contribution is 6.30. The van der Waals surface area contributed by atoms with Gasteiger partial charge in [0, 0.05) is 10.6 Å². The van der Waals surface area contributed by atoms with E-state index in [1.165, 1.54) is 0 Å². The average Bonchev–Trinajstić information content (AvgIpc) is 2.64. The number of aliphatic hydroxyl groups excluding tert-OH is 1. The molecule has 0 atom stereocenters. The molecular weight excluding hydrogens is 212 g/mol. The molecule has 0 fully saturated rings. The molecule has 1 N–H and O–H groups in total. The fraction of sp³-hybridized carbons (Fsp3) is 0.167. The number of aliphatic hydroxyl groups is 1. The predicted molar refractivity (Wildman–Crippen MR) is 59.8 cm³/mol. The van der Waals surface area contributed by atoms with E-state index in [4.69, 9.17) is 21.1 Å².